The highest BCUT2D eigenvalue weighted by molar-refractivity contribution is 6.33. The number of anilines is 1. The summed E-state index contributed by atoms with van der Waals surface area (Å²) in [6.45, 7) is 9.30. The van der Waals surface area contributed by atoms with Gasteiger partial charge in [-0.3, -0.25) is 14.4 Å². The highest BCUT2D eigenvalue weighted by atomic mass is 35.5. The summed E-state index contributed by atoms with van der Waals surface area (Å²) < 4.78 is 6.53. The normalized spacial score (nSPS) is 11.2. The molecule has 174 valence electrons. The zero-order valence-corrected chi connectivity index (χ0v) is 20.2. The molecule has 0 atom stereocenters. The van der Waals surface area contributed by atoms with E-state index in [9.17, 15) is 14.4 Å². The van der Waals surface area contributed by atoms with E-state index in [2.05, 4.69) is 10.5 Å². The first kappa shape index (κ1) is 24.3. The van der Waals surface area contributed by atoms with Crippen LogP contribution in [0.15, 0.2) is 45.8 Å². The molecule has 0 aliphatic rings. The zero-order valence-electron chi connectivity index (χ0n) is 19.5. The number of amides is 2. The largest absolute Gasteiger partial charge is 0.360 e. The molecule has 0 radical (unpaired) electrons. The van der Waals surface area contributed by atoms with Gasteiger partial charge >= 0.3 is 0 Å². The first-order valence-corrected chi connectivity index (χ1v) is 11.0. The maximum atomic E-state index is 13.2. The summed E-state index contributed by atoms with van der Waals surface area (Å²) >= 11 is 6.28. The van der Waals surface area contributed by atoms with Crippen LogP contribution in [0.3, 0.4) is 0 Å². The van der Waals surface area contributed by atoms with Crippen molar-refractivity contribution >= 4 is 29.1 Å². The molecule has 2 aromatic heterocycles. The number of rotatable bonds is 6. The molecule has 2 heterocycles. The van der Waals surface area contributed by atoms with Crippen LogP contribution in [0.1, 0.15) is 54.2 Å². The molecule has 2 amide bonds. The molecule has 0 bridgehead atoms. The number of nitrogens with one attached hydrogen (secondary N) is 1. The predicted octanol–water partition coefficient (Wildman–Crippen LogP) is 4.51. The van der Waals surface area contributed by atoms with Gasteiger partial charge in [0.15, 0.2) is 0 Å². The standard InChI is InChI=1S/C24H27ClN4O4/c1-13(2)29(14(3)4)23(31)16-11-19(24(32)28(6)12-16)26-22(30)20-15(5)33-27-21(20)17-9-7-8-10-18(17)25/h7-14H,1-6H3,(H,26,30). The quantitative estimate of drug-likeness (QED) is 0.571. The lowest BCUT2D eigenvalue weighted by Crippen LogP contribution is -2.42. The lowest BCUT2D eigenvalue weighted by atomic mass is 10.1. The molecule has 0 unspecified atom stereocenters. The minimum absolute atomic E-state index is 0.0217. The molecule has 0 fully saturated rings. The van der Waals surface area contributed by atoms with Crippen LogP contribution in [0, 0.1) is 6.92 Å². The van der Waals surface area contributed by atoms with Crippen molar-refractivity contribution in [1.82, 2.24) is 14.6 Å². The van der Waals surface area contributed by atoms with E-state index in [1.54, 1.807) is 36.1 Å². The van der Waals surface area contributed by atoms with Crippen LogP contribution < -0.4 is 10.9 Å². The SMILES string of the molecule is Cc1onc(-c2ccccc2Cl)c1C(=O)Nc1cc(C(=O)N(C(C)C)C(C)C)cn(C)c1=O. The molecule has 0 spiro atoms. The fourth-order valence-electron chi connectivity index (χ4n) is 3.79. The maximum absolute atomic E-state index is 13.2. The van der Waals surface area contributed by atoms with Crippen LogP contribution in [0.4, 0.5) is 5.69 Å². The molecular weight excluding hydrogens is 444 g/mol. The second-order valence-electron chi connectivity index (χ2n) is 8.35. The first-order valence-electron chi connectivity index (χ1n) is 10.6. The lowest BCUT2D eigenvalue weighted by Gasteiger charge is -2.31. The van der Waals surface area contributed by atoms with E-state index in [1.807, 2.05) is 27.7 Å². The number of hydrogen-bond acceptors (Lipinski definition) is 5. The van der Waals surface area contributed by atoms with Crippen molar-refractivity contribution in [2.75, 3.05) is 5.32 Å². The van der Waals surface area contributed by atoms with Crippen LogP contribution in [0.2, 0.25) is 5.02 Å². The lowest BCUT2D eigenvalue weighted by molar-refractivity contribution is 0.0642. The van der Waals surface area contributed by atoms with Crippen molar-refractivity contribution in [3.05, 3.63) is 68.8 Å². The van der Waals surface area contributed by atoms with Crippen LogP contribution >= 0.6 is 11.6 Å². The first-order chi connectivity index (χ1) is 15.5. The van der Waals surface area contributed by atoms with Crippen molar-refractivity contribution in [1.29, 1.82) is 0 Å². The van der Waals surface area contributed by atoms with Crippen LogP contribution in [0.5, 0.6) is 0 Å². The van der Waals surface area contributed by atoms with E-state index < -0.39 is 11.5 Å². The second kappa shape index (κ2) is 9.62. The van der Waals surface area contributed by atoms with Gasteiger partial charge in [-0.05, 0) is 46.8 Å². The highest BCUT2D eigenvalue weighted by Crippen LogP contribution is 2.31. The number of halogens is 1. The third-order valence-electron chi connectivity index (χ3n) is 5.24. The average Bonchev–Trinajstić information content (AvgIpc) is 3.12. The molecule has 3 aromatic rings. The Kier molecular flexibility index (Phi) is 7.07. The Labute approximate surface area is 197 Å². The van der Waals surface area contributed by atoms with Gasteiger partial charge in [0.2, 0.25) is 0 Å². The Morgan fingerprint density at radius 1 is 1.15 bits per heavy atom. The van der Waals surface area contributed by atoms with E-state index >= 15 is 0 Å². The number of aromatic nitrogens is 2. The molecular formula is C24H27ClN4O4. The molecule has 0 aliphatic carbocycles. The average molecular weight is 471 g/mol. The van der Waals surface area contributed by atoms with Crippen molar-refractivity contribution < 1.29 is 14.1 Å². The van der Waals surface area contributed by atoms with Crippen LogP contribution in [-0.4, -0.2) is 38.5 Å². The van der Waals surface area contributed by atoms with Gasteiger partial charge in [-0.1, -0.05) is 35.0 Å². The fourth-order valence-corrected chi connectivity index (χ4v) is 4.02. The molecule has 0 saturated heterocycles. The Morgan fingerprint density at radius 2 is 1.79 bits per heavy atom. The number of hydrogen-bond donors (Lipinski definition) is 1. The van der Waals surface area contributed by atoms with Crippen molar-refractivity contribution in [3.63, 3.8) is 0 Å². The van der Waals surface area contributed by atoms with E-state index in [0.717, 1.165) is 0 Å². The Balaban J connectivity index is 2.01. The number of nitrogens with zero attached hydrogens (tertiary/aromatic N) is 3. The molecule has 1 N–H and O–H groups in total. The van der Waals surface area contributed by atoms with Crippen molar-refractivity contribution in [2.24, 2.45) is 7.05 Å². The molecule has 9 heteroatoms. The van der Waals surface area contributed by atoms with Crippen LogP contribution in [0.25, 0.3) is 11.3 Å². The zero-order chi connectivity index (χ0) is 24.4. The summed E-state index contributed by atoms with van der Waals surface area (Å²) in [5, 5.41) is 7.03. The highest BCUT2D eigenvalue weighted by Gasteiger charge is 2.26. The molecule has 0 saturated carbocycles. The van der Waals surface area contributed by atoms with Gasteiger partial charge in [0, 0.05) is 30.9 Å². The molecule has 1 aromatic carbocycles. The molecule has 0 aliphatic heterocycles. The van der Waals surface area contributed by atoms with Gasteiger partial charge in [0.25, 0.3) is 17.4 Å². The Hall–Kier alpha value is -3.39. The van der Waals surface area contributed by atoms with E-state index in [-0.39, 0.29) is 40.7 Å². The predicted molar refractivity (Wildman–Crippen MR) is 128 cm³/mol. The van der Waals surface area contributed by atoms with E-state index in [0.29, 0.717) is 16.1 Å². The Bertz CT molecular complexity index is 1250. The van der Waals surface area contributed by atoms with Gasteiger partial charge in [-0.15, -0.1) is 0 Å². The summed E-state index contributed by atoms with van der Waals surface area (Å²) in [6, 6.07) is 8.27. The number of aryl methyl sites for hydroxylation is 2. The third kappa shape index (κ3) is 4.85. The van der Waals surface area contributed by atoms with Gasteiger partial charge < -0.3 is 19.3 Å². The summed E-state index contributed by atoms with van der Waals surface area (Å²) in [4.78, 5) is 40.8. The smallest absolute Gasteiger partial charge is 0.274 e. The Morgan fingerprint density at radius 3 is 2.39 bits per heavy atom. The molecule has 8 nitrogen and oxygen atoms in total. The summed E-state index contributed by atoms with van der Waals surface area (Å²) in [6.07, 6.45) is 1.47. The van der Waals surface area contributed by atoms with Gasteiger partial charge in [0.1, 0.15) is 22.7 Å². The van der Waals surface area contributed by atoms with E-state index in [1.165, 1.54) is 23.9 Å². The number of benzene rings is 1. The van der Waals surface area contributed by atoms with Gasteiger partial charge in [0.05, 0.1) is 10.6 Å². The molecule has 3 rings (SSSR count). The fraction of sp³-hybridized carbons (Fsp3) is 0.333. The second-order valence-corrected chi connectivity index (χ2v) is 8.76. The summed E-state index contributed by atoms with van der Waals surface area (Å²) in [5.74, 6) is -0.545. The summed E-state index contributed by atoms with van der Waals surface area (Å²) in [5.41, 5.74) is 0.782. The van der Waals surface area contributed by atoms with Crippen molar-refractivity contribution in [3.8, 4) is 11.3 Å². The number of carbonyl (C=O) groups excluding carboxylic acids is 2. The van der Waals surface area contributed by atoms with E-state index in [4.69, 9.17) is 16.1 Å². The third-order valence-corrected chi connectivity index (χ3v) is 5.57. The minimum atomic E-state index is -0.588. The van der Waals surface area contributed by atoms with Crippen LogP contribution in [-0.2, 0) is 7.05 Å². The number of pyridine rings is 1. The van der Waals surface area contributed by atoms with Gasteiger partial charge in [-0.2, -0.15) is 0 Å². The number of carbonyl (C=O) groups is 2. The minimum Gasteiger partial charge on any atom is -0.360 e. The molecule has 33 heavy (non-hydrogen) atoms. The topological polar surface area (TPSA) is 97.4 Å². The van der Waals surface area contributed by atoms with Gasteiger partial charge in [-0.25, -0.2) is 0 Å². The maximum Gasteiger partial charge on any atom is 0.274 e. The monoisotopic (exact) mass is 470 g/mol. The van der Waals surface area contributed by atoms with Crippen molar-refractivity contribution in [2.45, 2.75) is 46.7 Å². The summed E-state index contributed by atoms with van der Waals surface area (Å²) in [7, 11) is 1.53.